The van der Waals surface area contributed by atoms with E-state index in [2.05, 4.69) is 4.98 Å². The molecule has 0 bridgehead atoms. The van der Waals surface area contributed by atoms with Gasteiger partial charge in [0.2, 0.25) is 5.88 Å². The Bertz CT molecular complexity index is 738. The van der Waals surface area contributed by atoms with E-state index in [1.54, 1.807) is 12.0 Å². The van der Waals surface area contributed by atoms with Gasteiger partial charge in [-0.15, -0.1) is 0 Å². The molecular formula is C19H24N2O2. The number of ether oxygens (including phenoxy) is 1. The molecule has 122 valence electrons. The average Bonchev–Trinajstić information content (AvgIpc) is 2.52. The molecule has 4 heteroatoms. The molecule has 0 saturated carbocycles. The smallest absolute Gasteiger partial charge is 0.264 e. The van der Waals surface area contributed by atoms with E-state index in [0.29, 0.717) is 18.0 Å². The zero-order valence-corrected chi connectivity index (χ0v) is 14.7. The van der Waals surface area contributed by atoms with Crippen molar-refractivity contribution in [3.05, 3.63) is 52.2 Å². The molecule has 0 fully saturated rings. The van der Waals surface area contributed by atoms with Crippen LogP contribution in [0.3, 0.4) is 0 Å². The minimum atomic E-state index is -0.0805. The molecule has 2 aromatic rings. The number of nitrogens with zero attached hydrogens (tertiary/aromatic N) is 2. The Hall–Kier alpha value is -2.36. The summed E-state index contributed by atoms with van der Waals surface area (Å²) in [5.74, 6) is 0.310. The number of amides is 1. The lowest BCUT2D eigenvalue weighted by molar-refractivity contribution is 0.0984. The summed E-state index contributed by atoms with van der Waals surface area (Å²) in [5, 5.41) is 0. The predicted octanol–water partition coefficient (Wildman–Crippen LogP) is 3.99. The Balaban J connectivity index is 2.56. The normalized spacial score (nSPS) is 10.5. The molecule has 0 unspecified atom stereocenters. The first kappa shape index (κ1) is 17.0. The zero-order valence-electron chi connectivity index (χ0n) is 14.7. The van der Waals surface area contributed by atoms with Crippen molar-refractivity contribution in [3.8, 4) is 5.88 Å². The van der Waals surface area contributed by atoms with Crippen LogP contribution in [-0.4, -0.2) is 24.5 Å². The van der Waals surface area contributed by atoms with E-state index in [1.807, 2.05) is 58.9 Å². The summed E-state index contributed by atoms with van der Waals surface area (Å²) < 4.78 is 5.38. The number of pyridine rings is 1. The molecule has 23 heavy (non-hydrogen) atoms. The summed E-state index contributed by atoms with van der Waals surface area (Å²) in [5.41, 5.74) is 5.38. The second-order valence-electron chi connectivity index (χ2n) is 5.72. The third-order valence-electron chi connectivity index (χ3n) is 4.25. The summed E-state index contributed by atoms with van der Waals surface area (Å²) in [4.78, 5) is 19.3. The number of carbonyl (C=O) groups excluding carboxylic acids is 1. The van der Waals surface area contributed by atoms with E-state index in [0.717, 1.165) is 28.1 Å². The van der Waals surface area contributed by atoms with Crippen molar-refractivity contribution in [2.45, 2.75) is 34.6 Å². The van der Waals surface area contributed by atoms with Crippen LogP contribution in [0.15, 0.2) is 24.3 Å². The fourth-order valence-corrected chi connectivity index (χ4v) is 2.69. The lowest BCUT2D eigenvalue weighted by Crippen LogP contribution is -2.32. The second-order valence-corrected chi connectivity index (χ2v) is 5.72. The Morgan fingerprint density at radius 2 is 1.87 bits per heavy atom. The number of anilines is 1. The fraction of sp³-hybridized carbons (Fsp3) is 0.368. The average molecular weight is 312 g/mol. The standard InChI is InChI=1S/C19H24N2O2/c1-7-21(16-10-8-9-12(2)11-16)19(22)17-14(4)13(3)15(5)20-18(17)23-6/h8-11H,7H2,1-6H3. The Kier molecular flexibility index (Phi) is 5.04. The van der Waals surface area contributed by atoms with Crippen LogP contribution in [-0.2, 0) is 0 Å². The highest BCUT2D eigenvalue weighted by Gasteiger charge is 2.25. The first-order valence-electron chi connectivity index (χ1n) is 7.81. The minimum Gasteiger partial charge on any atom is -0.480 e. The molecule has 0 radical (unpaired) electrons. The Labute approximate surface area is 138 Å². The van der Waals surface area contributed by atoms with Crippen LogP contribution in [0.1, 0.15) is 39.7 Å². The van der Waals surface area contributed by atoms with Crippen LogP contribution in [0, 0.1) is 27.7 Å². The first-order valence-corrected chi connectivity index (χ1v) is 7.81. The largest absolute Gasteiger partial charge is 0.480 e. The molecule has 0 atom stereocenters. The van der Waals surface area contributed by atoms with Crippen molar-refractivity contribution >= 4 is 11.6 Å². The van der Waals surface area contributed by atoms with Crippen molar-refractivity contribution in [3.63, 3.8) is 0 Å². The van der Waals surface area contributed by atoms with Crippen LogP contribution < -0.4 is 9.64 Å². The number of aryl methyl sites for hydroxylation is 2. The number of rotatable bonds is 4. The van der Waals surface area contributed by atoms with Gasteiger partial charge >= 0.3 is 0 Å². The van der Waals surface area contributed by atoms with Gasteiger partial charge in [-0.05, 0) is 63.4 Å². The van der Waals surface area contributed by atoms with Crippen molar-refractivity contribution in [2.75, 3.05) is 18.6 Å². The monoisotopic (exact) mass is 312 g/mol. The highest BCUT2D eigenvalue weighted by Crippen LogP contribution is 2.28. The molecule has 0 saturated heterocycles. The summed E-state index contributed by atoms with van der Waals surface area (Å²) in [6.07, 6.45) is 0. The molecule has 1 aromatic carbocycles. The van der Waals surface area contributed by atoms with Gasteiger partial charge in [0.05, 0.1) is 7.11 Å². The van der Waals surface area contributed by atoms with Crippen LogP contribution in [0.25, 0.3) is 0 Å². The van der Waals surface area contributed by atoms with Crippen LogP contribution in [0.2, 0.25) is 0 Å². The van der Waals surface area contributed by atoms with E-state index >= 15 is 0 Å². The number of aromatic nitrogens is 1. The van der Waals surface area contributed by atoms with Gasteiger partial charge in [0.15, 0.2) is 0 Å². The van der Waals surface area contributed by atoms with E-state index < -0.39 is 0 Å². The van der Waals surface area contributed by atoms with Crippen molar-refractivity contribution < 1.29 is 9.53 Å². The van der Waals surface area contributed by atoms with Crippen LogP contribution in [0.5, 0.6) is 5.88 Å². The van der Waals surface area contributed by atoms with E-state index in [1.165, 1.54) is 0 Å². The molecular weight excluding hydrogens is 288 g/mol. The summed E-state index contributed by atoms with van der Waals surface area (Å²) in [7, 11) is 1.55. The maximum Gasteiger partial charge on any atom is 0.264 e. The van der Waals surface area contributed by atoms with E-state index in [4.69, 9.17) is 4.74 Å². The Morgan fingerprint density at radius 1 is 1.17 bits per heavy atom. The van der Waals surface area contributed by atoms with Crippen molar-refractivity contribution in [2.24, 2.45) is 0 Å². The van der Waals surface area contributed by atoms with Crippen LogP contribution >= 0.6 is 0 Å². The lowest BCUT2D eigenvalue weighted by Gasteiger charge is -2.24. The molecule has 4 nitrogen and oxygen atoms in total. The lowest BCUT2D eigenvalue weighted by atomic mass is 10.0. The summed E-state index contributed by atoms with van der Waals surface area (Å²) >= 11 is 0. The molecule has 0 aliphatic carbocycles. The third-order valence-corrected chi connectivity index (χ3v) is 4.25. The van der Waals surface area contributed by atoms with Crippen molar-refractivity contribution in [1.29, 1.82) is 0 Å². The number of hydrogen-bond acceptors (Lipinski definition) is 3. The third kappa shape index (κ3) is 3.21. The Morgan fingerprint density at radius 3 is 2.43 bits per heavy atom. The van der Waals surface area contributed by atoms with Gasteiger partial charge in [-0.1, -0.05) is 12.1 Å². The zero-order chi connectivity index (χ0) is 17.1. The van der Waals surface area contributed by atoms with Gasteiger partial charge in [-0.2, -0.15) is 0 Å². The molecule has 1 amide bonds. The van der Waals surface area contributed by atoms with Gasteiger partial charge < -0.3 is 9.64 Å². The molecule has 1 aromatic heterocycles. The minimum absolute atomic E-state index is 0.0805. The highest BCUT2D eigenvalue weighted by molar-refractivity contribution is 6.08. The summed E-state index contributed by atoms with van der Waals surface area (Å²) in [6.45, 7) is 10.4. The number of hydrogen-bond donors (Lipinski definition) is 0. The second kappa shape index (κ2) is 6.82. The molecule has 2 rings (SSSR count). The molecule has 0 aliphatic heterocycles. The molecule has 1 heterocycles. The van der Waals surface area contributed by atoms with Gasteiger partial charge in [0, 0.05) is 17.9 Å². The van der Waals surface area contributed by atoms with Crippen LogP contribution in [0.4, 0.5) is 5.69 Å². The topological polar surface area (TPSA) is 42.4 Å². The summed E-state index contributed by atoms with van der Waals surface area (Å²) in [6, 6.07) is 7.94. The van der Waals surface area contributed by atoms with E-state index in [9.17, 15) is 4.79 Å². The quantitative estimate of drug-likeness (QED) is 0.857. The molecule has 0 aliphatic rings. The van der Waals surface area contributed by atoms with Gasteiger partial charge in [-0.3, -0.25) is 4.79 Å². The fourth-order valence-electron chi connectivity index (χ4n) is 2.69. The number of methoxy groups -OCH3 is 1. The predicted molar refractivity (Wildman–Crippen MR) is 93.5 cm³/mol. The van der Waals surface area contributed by atoms with Crippen molar-refractivity contribution in [1.82, 2.24) is 4.98 Å². The van der Waals surface area contributed by atoms with Gasteiger partial charge in [0.25, 0.3) is 5.91 Å². The first-order chi connectivity index (χ1) is 10.9. The maximum absolute atomic E-state index is 13.2. The molecule has 0 spiro atoms. The maximum atomic E-state index is 13.2. The van der Waals surface area contributed by atoms with Gasteiger partial charge in [-0.25, -0.2) is 4.98 Å². The SMILES string of the molecule is CCN(C(=O)c1c(OC)nc(C)c(C)c1C)c1cccc(C)c1. The number of benzene rings is 1. The van der Waals surface area contributed by atoms with E-state index in [-0.39, 0.29) is 5.91 Å². The number of carbonyl (C=O) groups is 1. The molecule has 0 N–H and O–H groups in total. The van der Waals surface area contributed by atoms with Gasteiger partial charge in [0.1, 0.15) is 5.56 Å². The highest BCUT2D eigenvalue weighted by atomic mass is 16.5.